The van der Waals surface area contributed by atoms with E-state index in [4.69, 9.17) is 14.2 Å². The Hall–Kier alpha value is -2.37. The lowest BCUT2D eigenvalue weighted by atomic mass is 9.98. The summed E-state index contributed by atoms with van der Waals surface area (Å²) in [6.07, 6.45) is 0.589. The summed E-state index contributed by atoms with van der Waals surface area (Å²) in [5.74, 6) is 0.0788. The third kappa shape index (κ3) is 5.08. The van der Waals surface area contributed by atoms with Crippen LogP contribution in [0.1, 0.15) is 30.4 Å². The molecule has 1 aliphatic carbocycles. The molecule has 0 saturated carbocycles. The van der Waals surface area contributed by atoms with E-state index in [1.165, 1.54) is 22.3 Å². The number of hydrogen-bond acceptors (Lipinski definition) is 4. The molecule has 0 saturated heterocycles. The molecular weight excluding hydrogens is 342 g/mol. The Morgan fingerprint density at radius 3 is 2.11 bits per heavy atom. The minimum atomic E-state index is -0.414. The molecule has 5 heteroatoms. The topological polar surface area (TPSA) is 56.8 Å². The first-order chi connectivity index (χ1) is 13.3. The average Bonchev–Trinajstić information content (AvgIpc) is 3.02. The van der Waals surface area contributed by atoms with Gasteiger partial charge in [0, 0.05) is 19.1 Å². The zero-order valence-corrected chi connectivity index (χ0v) is 15.8. The number of rotatable bonds is 10. The van der Waals surface area contributed by atoms with E-state index in [1.807, 2.05) is 24.3 Å². The second-order valence-corrected chi connectivity index (χ2v) is 6.48. The van der Waals surface area contributed by atoms with Crippen LogP contribution in [0.15, 0.2) is 48.5 Å². The van der Waals surface area contributed by atoms with Crippen molar-refractivity contribution in [2.45, 2.75) is 19.3 Å². The molecule has 0 unspecified atom stereocenters. The van der Waals surface area contributed by atoms with Crippen LogP contribution in [0.4, 0.5) is 4.79 Å². The largest absolute Gasteiger partial charge is 0.449 e. The van der Waals surface area contributed by atoms with Gasteiger partial charge in [0.05, 0.1) is 19.8 Å². The van der Waals surface area contributed by atoms with Gasteiger partial charge in [0.2, 0.25) is 0 Å². The molecule has 0 aromatic heterocycles. The van der Waals surface area contributed by atoms with Gasteiger partial charge in [-0.3, -0.25) is 0 Å². The van der Waals surface area contributed by atoms with Gasteiger partial charge in [-0.25, -0.2) is 4.79 Å². The Bertz CT molecular complexity index is 701. The summed E-state index contributed by atoms with van der Waals surface area (Å²) in [5.41, 5.74) is 4.87. The summed E-state index contributed by atoms with van der Waals surface area (Å²) in [4.78, 5) is 12.0. The van der Waals surface area contributed by atoms with E-state index in [2.05, 4.69) is 36.5 Å². The molecule has 0 heterocycles. The van der Waals surface area contributed by atoms with Crippen LogP contribution in [-0.4, -0.2) is 45.7 Å². The van der Waals surface area contributed by atoms with E-state index < -0.39 is 6.09 Å². The van der Waals surface area contributed by atoms with Gasteiger partial charge in [-0.05, 0) is 28.7 Å². The summed E-state index contributed by atoms with van der Waals surface area (Å²) in [6, 6.07) is 16.6. The molecule has 0 spiro atoms. The Balaban J connectivity index is 1.42. The lowest BCUT2D eigenvalue weighted by Gasteiger charge is -2.14. The average molecular weight is 369 g/mol. The van der Waals surface area contributed by atoms with Crippen LogP contribution in [0.5, 0.6) is 0 Å². The van der Waals surface area contributed by atoms with Crippen LogP contribution < -0.4 is 5.32 Å². The third-order valence-electron chi connectivity index (χ3n) is 4.58. The Morgan fingerprint density at radius 1 is 0.889 bits per heavy atom. The fourth-order valence-corrected chi connectivity index (χ4v) is 3.34. The van der Waals surface area contributed by atoms with Gasteiger partial charge >= 0.3 is 6.09 Å². The Labute approximate surface area is 160 Å². The van der Waals surface area contributed by atoms with Gasteiger partial charge in [0.1, 0.15) is 6.61 Å². The molecule has 0 radical (unpaired) electrons. The van der Waals surface area contributed by atoms with Crippen molar-refractivity contribution in [3.05, 3.63) is 59.7 Å². The predicted octanol–water partition coefficient (Wildman–Crippen LogP) is 3.97. The van der Waals surface area contributed by atoms with Crippen molar-refractivity contribution in [1.82, 2.24) is 5.32 Å². The predicted molar refractivity (Wildman–Crippen MR) is 105 cm³/mol. The monoisotopic (exact) mass is 369 g/mol. The van der Waals surface area contributed by atoms with E-state index in [-0.39, 0.29) is 5.92 Å². The van der Waals surface area contributed by atoms with E-state index >= 15 is 0 Å². The molecular formula is C22H27NO4. The van der Waals surface area contributed by atoms with Crippen molar-refractivity contribution in [2.75, 3.05) is 39.6 Å². The highest BCUT2D eigenvalue weighted by Crippen LogP contribution is 2.44. The van der Waals surface area contributed by atoms with Crippen molar-refractivity contribution in [2.24, 2.45) is 0 Å². The molecule has 2 aromatic rings. The van der Waals surface area contributed by atoms with Crippen LogP contribution in [0.25, 0.3) is 11.1 Å². The molecule has 1 N–H and O–H groups in total. The molecule has 2 aromatic carbocycles. The maximum atomic E-state index is 12.0. The Kier molecular flexibility index (Phi) is 7.25. The quantitative estimate of drug-likeness (QED) is 0.644. The van der Waals surface area contributed by atoms with Gasteiger partial charge in [0.15, 0.2) is 0 Å². The fraction of sp³-hybridized carbons (Fsp3) is 0.409. The summed E-state index contributed by atoms with van der Waals surface area (Å²) >= 11 is 0. The first-order valence-corrected chi connectivity index (χ1v) is 9.55. The van der Waals surface area contributed by atoms with Crippen LogP contribution in [0.3, 0.4) is 0 Å². The van der Waals surface area contributed by atoms with Crippen molar-refractivity contribution in [3.8, 4) is 11.1 Å². The zero-order valence-electron chi connectivity index (χ0n) is 15.8. The molecule has 0 atom stereocenters. The molecule has 0 bridgehead atoms. The second-order valence-electron chi connectivity index (χ2n) is 6.48. The van der Waals surface area contributed by atoms with Gasteiger partial charge < -0.3 is 19.5 Å². The van der Waals surface area contributed by atoms with Crippen molar-refractivity contribution in [3.63, 3.8) is 0 Å². The number of carbonyl (C=O) groups excluding carboxylic acids is 1. The number of ether oxygens (including phenoxy) is 3. The number of nitrogens with one attached hydrogen (secondary N) is 1. The molecule has 144 valence electrons. The van der Waals surface area contributed by atoms with Gasteiger partial charge in [-0.2, -0.15) is 0 Å². The number of alkyl carbamates (subject to hydrolysis) is 1. The summed E-state index contributed by atoms with van der Waals surface area (Å²) < 4.78 is 16.2. The summed E-state index contributed by atoms with van der Waals surface area (Å²) in [6.45, 7) is 5.13. The number of carbonyl (C=O) groups is 1. The maximum Gasteiger partial charge on any atom is 0.407 e. The minimum absolute atomic E-state index is 0.0788. The molecule has 27 heavy (non-hydrogen) atoms. The van der Waals surface area contributed by atoms with E-state index in [0.717, 1.165) is 13.0 Å². The minimum Gasteiger partial charge on any atom is -0.449 e. The first-order valence-electron chi connectivity index (χ1n) is 9.55. The van der Waals surface area contributed by atoms with E-state index in [0.29, 0.717) is 33.0 Å². The Morgan fingerprint density at radius 2 is 1.48 bits per heavy atom. The number of fused-ring (bicyclic) bond motifs is 3. The number of amides is 1. The normalized spacial score (nSPS) is 12.5. The molecule has 1 amide bonds. The van der Waals surface area contributed by atoms with Crippen molar-refractivity contribution >= 4 is 6.09 Å². The second kappa shape index (κ2) is 10.1. The van der Waals surface area contributed by atoms with Gasteiger partial charge in [-0.1, -0.05) is 55.5 Å². The summed E-state index contributed by atoms with van der Waals surface area (Å²) in [5, 5.41) is 2.73. The SMILES string of the molecule is CCCOCCOCCNC(=O)OCC1c2ccccc2-c2ccccc21. The number of hydrogen-bond donors (Lipinski definition) is 1. The smallest absolute Gasteiger partial charge is 0.407 e. The molecule has 5 nitrogen and oxygen atoms in total. The highest BCUT2D eigenvalue weighted by Gasteiger charge is 2.28. The number of benzene rings is 2. The van der Waals surface area contributed by atoms with Crippen LogP contribution >= 0.6 is 0 Å². The lowest BCUT2D eigenvalue weighted by Crippen LogP contribution is -2.29. The van der Waals surface area contributed by atoms with Crippen LogP contribution in [-0.2, 0) is 14.2 Å². The highest BCUT2D eigenvalue weighted by molar-refractivity contribution is 5.79. The van der Waals surface area contributed by atoms with Gasteiger partial charge in [0.25, 0.3) is 0 Å². The third-order valence-corrected chi connectivity index (χ3v) is 4.58. The molecule has 1 aliphatic rings. The molecule has 0 fully saturated rings. The first kappa shape index (κ1) is 19.4. The van der Waals surface area contributed by atoms with E-state index in [9.17, 15) is 4.79 Å². The zero-order chi connectivity index (χ0) is 18.9. The van der Waals surface area contributed by atoms with Crippen LogP contribution in [0.2, 0.25) is 0 Å². The maximum absolute atomic E-state index is 12.0. The van der Waals surface area contributed by atoms with Crippen LogP contribution in [0, 0.1) is 0 Å². The fourth-order valence-electron chi connectivity index (χ4n) is 3.34. The summed E-state index contributed by atoms with van der Waals surface area (Å²) in [7, 11) is 0. The van der Waals surface area contributed by atoms with Crippen molar-refractivity contribution < 1.29 is 19.0 Å². The highest BCUT2D eigenvalue weighted by atomic mass is 16.5. The van der Waals surface area contributed by atoms with Crippen molar-refractivity contribution in [1.29, 1.82) is 0 Å². The van der Waals surface area contributed by atoms with Gasteiger partial charge in [-0.15, -0.1) is 0 Å². The molecule has 0 aliphatic heterocycles. The standard InChI is InChI=1S/C22H27NO4/c1-2-12-25-14-15-26-13-11-23-22(24)27-16-21-19-9-5-3-7-17(19)18-8-4-6-10-20(18)21/h3-10,21H,2,11-16H2,1H3,(H,23,24). The molecule has 3 rings (SSSR count). The lowest BCUT2D eigenvalue weighted by molar-refractivity contribution is 0.0485. The van der Waals surface area contributed by atoms with E-state index in [1.54, 1.807) is 0 Å².